The van der Waals surface area contributed by atoms with Crippen molar-refractivity contribution >= 4 is 17.7 Å². The van der Waals surface area contributed by atoms with Crippen LogP contribution in [0.3, 0.4) is 0 Å². The minimum absolute atomic E-state index is 0.149. The number of carboxylic acids is 1. The predicted molar refractivity (Wildman–Crippen MR) is 96.8 cm³/mol. The second-order valence-corrected chi connectivity index (χ2v) is 5.11. The Balaban J connectivity index is 0.000000597. The van der Waals surface area contributed by atoms with Crippen molar-refractivity contribution in [2.45, 2.75) is 20.3 Å². The first-order chi connectivity index (χ1) is 12.4. The lowest BCUT2D eigenvalue weighted by Gasteiger charge is -2.05. The maximum atomic E-state index is 12.4. The molecular weight excluding hydrogens is 336 g/mol. The van der Waals surface area contributed by atoms with E-state index in [1.807, 2.05) is 0 Å². The van der Waals surface area contributed by atoms with E-state index in [2.05, 4.69) is 0 Å². The number of carboxylic acid groups (broad SMARTS) is 1. The Hall–Kier alpha value is -3.15. The van der Waals surface area contributed by atoms with Crippen molar-refractivity contribution in [2.24, 2.45) is 0 Å². The van der Waals surface area contributed by atoms with Gasteiger partial charge in [0.1, 0.15) is 5.75 Å². The monoisotopic (exact) mass is 358 g/mol. The minimum Gasteiger partial charge on any atom is -0.497 e. The molecule has 0 heterocycles. The first-order valence-corrected chi connectivity index (χ1v) is 8.10. The van der Waals surface area contributed by atoms with Gasteiger partial charge in [-0.3, -0.25) is 9.59 Å². The zero-order chi connectivity index (χ0) is 19.5. The summed E-state index contributed by atoms with van der Waals surface area (Å²) in [4.78, 5) is 33.4. The molecule has 138 valence electrons. The van der Waals surface area contributed by atoms with Crippen LogP contribution in [0.5, 0.6) is 5.75 Å². The highest BCUT2D eigenvalue weighted by Gasteiger charge is 2.13. The molecule has 0 aliphatic rings. The van der Waals surface area contributed by atoms with E-state index in [1.54, 1.807) is 69.5 Å². The summed E-state index contributed by atoms with van der Waals surface area (Å²) in [5, 5.41) is 7.72. The van der Waals surface area contributed by atoms with Crippen LogP contribution in [0.4, 0.5) is 0 Å². The van der Waals surface area contributed by atoms with E-state index < -0.39 is 11.9 Å². The summed E-state index contributed by atoms with van der Waals surface area (Å²) in [6.07, 6.45) is 0.222. The average molecular weight is 358 g/mol. The lowest BCUT2D eigenvalue weighted by molar-refractivity contribution is -0.136. The molecule has 0 saturated carbocycles. The van der Waals surface area contributed by atoms with Crippen molar-refractivity contribution in [3.63, 3.8) is 0 Å². The molecule has 2 rings (SSSR count). The van der Waals surface area contributed by atoms with Crippen LogP contribution >= 0.6 is 0 Å². The van der Waals surface area contributed by atoms with E-state index in [0.717, 1.165) is 0 Å². The van der Waals surface area contributed by atoms with Crippen LogP contribution in [0, 0.1) is 0 Å². The summed E-state index contributed by atoms with van der Waals surface area (Å²) in [7, 11) is 1.57. The fraction of sp³-hybridized carbons (Fsp3) is 0.250. The van der Waals surface area contributed by atoms with Crippen molar-refractivity contribution < 1.29 is 29.0 Å². The number of ketones is 1. The van der Waals surface area contributed by atoms with E-state index in [-0.39, 0.29) is 12.2 Å². The van der Waals surface area contributed by atoms with Crippen LogP contribution in [0.1, 0.15) is 46.5 Å². The Morgan fingerprint density at radius 1 is 0.923 bits per heavy atom. The number of hydrogen-bond acceptors (Lipinski definition) is 5. The maximum Gasteiger partial charge on any atom is 0.338 e. The molecule has 0 aliphatic heterocycles. The van der Waals surface area contributed by atoms with Crippen LogP contribution in [0.15, 0.2) is 48.5 Å². The van der Waals surface area contributed by atoms with Crippen LogP contribution in [-0.2, 0) is 9.53 Å². The lowest BCUT2D eigenvalue weighted by atomic mass is 10.0. The van der Waals surface area contributed by atoms with Crippen molar-refractivity contribution in [3.8, 4) is 5.75 Å². The molecule has 26 heavy (non-hydrogen) atoms. The molecule has 0 saturated heterocycles. The summed E-state index contributed by atoms with van der Waals surface area (Å²) < 4.78 is 9.99. The maximum absolute atomic E-state index is 12.4. The summed E-state index contributed by atoms with van der Waals surface area (Å²) in [6.45, 7) is 3.64. The minimum atomic E-state index is -0.745. The molecular formula is C20H22O6. The Morgan fingerprint density at radius 3 is 2.00 bits per heavy atom. The van der Waals surface area contributed by atoms with Crippen LogP contribution in [-0.4, -0.2) is 36.5 Å². The Kier molecular flexibility index (Phi) is 8.57. The highest BCUT2D eigenvalue weighted by molar-refractivity contribution is 6.10. The number of methoxy groups -OCH3 is 1. The van der Waals surface area contributed by atoms with Crippen molar-refractivity contribution in [3.05, 3.63) is 65.2 Å². The molecule has 2 aromatic carbocycles. The molecule has 0 unspecified atom stereocenters. The molecule has 0 amide bonds. The van der Waals surface area contributed by atoms with Gasteiger partial charge in [-0.25, -0.2) is 4.79 Å². The molecule has 0 aliphatic carbocycles. The third-order valence-electron chi connectivity index (χ3n) is 3.29. The predicted octanol–water partition coefficient (Wildman–Crippen LogP) is 3.58. The number of hydrogen-bond donors (Lipinski definition) is 1. The van der Waals surface area contributed by atoms with Gasteiger partial charge >= 0.3 is 11.9 Å². The number of carbonyl (C=O) groups excluding carboxylic acids is 2. The van der Waals surface area contributed by atoms with Crippen LogP contribution in [0.25, 0.3) is 0 Å². The molecule has 0 spiro atoms. The van der Waals surface area contributed by atoms with Crippen molar-refractivity contribution in [2.75, 3.05) is 13.7 Å². The third-order valence-corrected chi connectivity index (χ3v) is 3.29. The Labute approximate surface area is 152 Å². The molecule has 6 heteroatoms. The van der Waals surface area contributed by atoms with Crippen molar-refractivity contribution in [1.29, 1.82) is 0 Å². The number of carbonyl (C=O) groups is 3. The first kappa shape index (κ1) is 20.9. The van der Waals surface area contributed by atoms with Gasteiger partial charge in [-0.15, -0.1) is 0 Å². The molecule has 0 bridgehead atoms. The largest absolute Gasteiger partial charge is 0.497 e. The van der Waals surface area contributed by atoms with Gasteiger partial charge in [-0.05, 0) is 43.3 Å². The highest BCUT2D eigenvalue weighted by Crippen LogP contribution is 2.16. The summed E-state index contributed by atoms with van der Waals surface area (Å²) in [5.41, 5.74) is 1.36. The lowest BCUT2D eigenvalue weighted by Crippen LogP contribution is -2.07. The quantitative estimate of drug-likeness (QED) is 0.627. The second-order valence-electron chi connectivity index (χ2n) is 5.11. The van der Waals surface area contributed by atoms with E-state index in [1.165, 1.54) is 0 Å². The van der Waals surface area contributed by atoms with Gasteiger partial charge in [-0.1, -0.05) is 19.1 Å². The normalized spacial score (nSPS) is 9.50. The molecule has 0 radical (unpaired) electrons. The second kappa shape index (κ2) is 10.7. The highest BCUT2D eigenvalue weighted by atomic mass is 16.5. The summed E-state index contributed by atoms with van der Waals surface area (Å²) >= 11 is 0. The zero-order valence-electron chi connectivity index (χ0n) is 15.0. The molecule has 1 N–H and O–H groups in total. The van der Waals surface area contributed by atoms with E-state index in [4.69, 9.17) is 14.6 Å². The summed E-state index contributed by atoms with van der Waals surface area (Å²) in [5.74, 6) is -0.637. The molecule has 6 nitrogen and oxygen atoms in total. The number of ether oxygens (including phenoxy) is 2. The number of aliphatic carboxylic acids is 1. The molecule has 0 atom stereocenters. The van der Waals surface area contributed by atoms with Gasteiger partial charge in [0.15, 0.2) is 5.78 Å². The van der Waals surface area contributed by atoms with Crippen LogP contribution in [0.2, 0.25) is 0 Å². The van der Waals surface area contributed by atoms with E-state index in [0.29, 0.717) is 29.0 Å². The number of esters is 1. The molecule has 2 aromatic rings. The van der Waals surface area contributed by atoms with Gasteiger partial charge in [0, 0.05) is 17.5 Å². The number of rotatable bonds is 6. The number of benzene rings is 2. The van der Waals surface area contributed by atoms with Gasteiger partial charge in [0.25, 0.3) is 0 Å². The third kappa shape index (κ3) is 6.39. The van der Waals surface area contributed by atoms with Gasteiger partial charge in [0.05, 0.1) is 19.3 Å². The van der Waals surface area contributed by atoms with E-state index >= 15 is 0 Å². The van der Waals surface area contributed by atoms with Gasteiger partial charge < -0.3 is 14.6 Å². The van der Waals surface area contributed by atoms with Gasteiger partial charge in [0.2, 0.25) is 0 Å². The Bertz CT molecular complexity index is 749. The topological polar surface area (TPSA) is 89.9 Å². The first-order valence-electron chi connectivity index (χ1n) is 8.10. The molecule has 0 aromatic heterocycles. The average Bonchev–Trinajstić information content (AvgIpc) is 2.68. The standard InChI is InChI=1S/C17H16O4.C3H6O2/c1-3-21-17(19)14-6-4-5-13(11-14)16(18)12-7-9-15(20-2)10-8-12;1-2-3(4)5/h4-11H,3H2,1-2H3;2H2,1H3,(H,4,5). The van der Waals surface area contributed by atoms with E-state index in [9.17, 15) is 14.4 Å². The van der Waals surface area contributed by atoms with Crippen molar-refractivity contribution in [1.82, 2.24) is 0 Å². The molecule has 0 fully saturated rings. The SMILES string of the molecule is CCC(=O)O.CCOC(=O)c1cccc(C(=O)c2ccc(OC)cc2)c1. The smallest absolute Gasteiger partial charge is 0.338 e. The zero-order valence-corrected chi connectivity index (χ0v) is 15.0. The fourth-order valence-corrected chi connectivity index (χ4v) is 1.91. The fourth-order valence-electron chi connectivity index (χ4n) is 1.91. The summed E-state index contributed by atoms with van der Waals surface area (Å²) in [6, 6.07) is 13.4. The van der Waals surface area contributed by atoms with Gasteiger partial charge in [-0.2, -0.15) is 0 Å². The van der Waals surface area contributed by atoms with Crippen LogP contribution < -0.4 is 4.74 Å². The Morgan fingerprint density at radius 2 is 1.50 bits per heavy atom.